The Morgan fingerprint density at radius 2 is 1.91 bits per heavy atom. The van der Waals surface area contributed by atoms with Crippen molar-refractivity contribution in [1.29, 1.82) is 0 Å². The fraction of sp³-hybridized carbons (Fsp3) is 0.440. The van der Waals surface area contributed by atoms with Crippen LogP contribution in [0.4, 0.5) is 4.39 Å². The molecule has 1 aliphatic rings. The Hall–Kier alpha value is -3.14. The number of halogens is 1. The Kier molecular flexibility index (Phi) is 8.57. The normalized spacial score (nSPS) is 14.2. The van der Waals surface area contributed by atoms with Gasteiger partial charge in [0.05, 0.1) is 18.6 Å². The number of primary amides is 1. The van der Waals surface area contributed by atoms with E-state index in [1.807, 2.05) is 15.5 Å². The van der Waals surface area contributed by atoms with Gasteiger partial charge in [-0.05, 0) is 42.7 Å². The molecule has 2 amide bonds. The highest BCUT2D eigenvalue weighted by atomic mass is 32.2. The van der Waals surface area contributed by atoms with Crippen LogP contribution in [0.5, 0.6) is 0 Å². The lowest BCUT2D eigenvalue weighted by atomic mass is 9.94. The van der Waals surface area contributed by atoms with E-state index < -0.39 is 5.91 Å². The van der Waals surface area contributed by atoms with Crippen LogP contribution in [0.2, 0.25) is 0 Å². The zero-order valence-electron chi connectivity index (χ0n) is 19.6. The van der Waals surface area contributed by atoms with Gasteiger partial charge in [0.25, 0.3) is 0 Å². The van der Waals surface area contributed by atoms with Crippen molar-refractivity contribution in [3.05, 3.63) is 65.6 Å². The SMILES string of the molecule is NC(=O)CCc1nnc(SCC(=O)N(Cc2ccc(F)cc2)C2CCCCC2)n1Cc1ccco1. The number of benzene rings is 1. The first-order valence-corrected chi connectivity index (χ1v) is 12.9. The molecule has 0 saturated heterocycles. The molecule has 186 valence electrons. The standard InChI is InChI=1S/C25H30FN5O3S/c26-19-10-8-18(9-11-19)15-30(20-5-2-1-3-6-20)24(33)17-35-25-29-28-23(13-12-22(27)32)31(25)16-21-7-4-14-34-21/h4,7-11,14,20H,1-3,5-6,12-13,15-17H2,(H2,27,32). The van der Waals surface area contributed by atoms with Crippen LogP contribution in [-0.4, -0.2) is 43.3 Å². The number of aromatic nitrogens is 3. The third-order valence-electron chi connectivity index (χ3n) is 6.21. The number of nitrogens with two attached hydrogens (primary N) is 1. The van der Waals surface area contributed by atoms with Crippen molar-refractivity contribution in [1.82, 2.24) is 19.7 Å². The molecule has 4 rings (SSSR count). The molecule has 35 heavy (non-hydrogen) atoms. The summed E-state index contributed by atoms with van der Waals surface area (Å²) in [7, 11) is 0. The number of nitrogens with zero attached hydrogens (tertiary/aromatic N) is 4. The second-order valence-electron chi connectivity index (χ2n) is 8.76. The third-order valence-corrected chi connectivity index (χ3v) is 7.16. The first kappa shape index (κ1) is 25.0. The smallest absolute Gasteiger partial charge is 0.233 e. The molecule has 8 nitrogen and oxygen atoms in total. The van der Waals surface area contributed by atoms with E-state index in [0.717, 1.165) is 37.0 Å². The zero-order valence-corrected chi connectivity index (χ0v) is 20.4. The first-order chi connectivity index (χ1) is 17.0. The number of thioether (sulfide) groups is 1. The van der Waals surface area contributed by atoms with E-state index in [-0.39, 0.29) is 29.9 Å². The van der Waals surface area contributed by atoms with Gasteiger partial charge in [0.2, 0.25) is 11.8 Å². The number of hydrogen-bond acceptors (Lipinski definition) is 6. The van der Waals surface area contributed by atoms with Crippen molar-refractivity contribution in [3.63, 3.8) is 0 Å². The van der Waals surface area contributed by atoms with Crippen molar-refractivity contribution in [3.8, 4) is 0 Å². The number of furan rings is 1. The molecule has 0 radical (unpaired) electrons. The predicted octanol–water partition coefficient (Wildman–Crippen LogP) is 3.93. The molecule has 1 aliphatic carbocycles. The van der Waals surface area contributed by atoms with E-state index in [0.29, 0.717) is 30.5 Å². The molecular formula is C25H30FN5O3S. The molecular weight excluding hydrogens is 469 g/mol. The maximum Gasteiger partial charge on any atom is 0.233 e. The summed E-state index contributed by atoms with van der Waals surface area (Å²) in [6.45, 7) is 0.847. The van der Waals surface area contributed by atoms with Gasteiger partial charge in [-0.25, -0.2) is 4.39 Å². The van der Waals surface area contributed by atoms with E-state index in [4.69, 9.17) is 10.2 Å². The van der Waals surface area contributed by atoms with Crippen LogP contribution in [0, 0.1) is 5.82 Å². The van der Waals surface area contributed by atoms with E-state index in [9.17, 15) is 14.0 Å². The summed E-state index contributed by atoms with van der Waals surface area (Å²) in [6.07, 6.45) is 7.46. The van der Waals surface area contributed by atoms with Gasteiger partial charge in [-0.3, -0.25) is 14.2 Å². The topological polar surface area (TPSA) is 107 Å². The Morgan fingerprint density at radius 3 is 2.60 bits per heavy atom. The zero-order chi connectivity index (χ0) is 24.6. The summed E-state index contributed by atoms with van der Waals surface area (Å²) in [4.78, 5) is 26.6. The van der Waals surface area contributed by atoms with Gasteiger partial charge in [-0.15, -0.1) is 10.2 Å². The Balaban J connectivity index is 1.48. The van der Waals surface area contributed by atoms with Gasteiger partial charge in [0.1, 0.15) is 17.4 Å². The Labute approximate surface area is 208 Å². The van der Waals surface area contributed by atoms with Gasteiger partial charge in [0.15, 0.2) is 5.16 Å². The highest BCUT2D eigenvalue weighted by Gasteiger charge is 2.26. The molecule has 10 heteroatoms. The second-order valence-corrected chi connectivity index (χ2v) is 9.70. The third kappa shape index (κ3) is 6.94. The molecule has 0 unspecified atom stereocenters. The fourth-order valence-corrected chi connectivity index (χ4v) is 5.21. The molecule has 0 spiro atoms. The lowest BCUT2D eigenvalue weighted by Gasteiger charge is -2.34. The minimum absolute atomic E-state index is 0.0115. The van der Waals surface area contributed by atoms with Crippen LogP contribution in [0.3, 0.4) is 0 Å². The lowest BCUT2D eigenvalue weighted by Crippen LogP contribution is -2.42. The average Bonchev–Trinajstić information content (AvgIpc) is 3.51. The number of hydrogen-bond donors (Lipinski definition) is 1. The van der Waals surface area contributed by atoms with Crippen LogP contribution in [0.15, 0.2) is 52.2 Å². The van der Waals surface area contributed by atoms with Crippen LogP contribution in [0.25, 0.3) is 0 Å². The Bertz CT molecular complexity index is 1110. The number of amides is 2. The summed E-state index contributed by atoms with van der Waals surface area (Å²) in [6, 6.07) is 10.2. The minimum atomic E-state index is -0.411. The van der Waals surface area contributed by atoms with Crippen LogP contribution < -0.4 is 5.73 Å². The summed E-state index contributed by atoms with van der Waals surface area (Å²) in [5, 5.41) is 9.10. The summed E-state index contributed by atoms with van der Waals surface area (Å²) < 4.78 is 20.7. The van der Waals surface area contributed by atoms with Gasteiger partial charge in [-0.2, -0.15) is 0 Å². The van der Waals surface area contributed by atoms with Crippen LogP contribution in [-0.2, 0) is 29.1 Å². The van der Waals surface area contributed by atoms with Crippen molar-refractivity contribution in [2.75, 3.05) is 5.75 Å². The minimum Gasteiger partial charge on any atom is -0.467 e. The van der Waals surface area contributed by atoms with Crippen LogP contribution >= 0.6 is 11.8 Å². The highest BCUT2D eigenvalue weighted by Crippen LogP contribution is 2.27. The van der Waals surface area contributed by atoms with Crippen molar-refractivity contribution in [2.24, 2.45) is 5.73 Å². The highest BCUT2D eigenvalue weighted by molar-refractivity contribution is 7.99. The van der Waals surface area contributed by atoms with Gasteiger partial charge < -0.3 is 15.1 Å². The largest absolute Gasteiger partial charge is 0.467 e. The molecule has 0 aliphatic heterocycles. The molecule has 2 N–H and O–H groups in total. The molecule has 0 atom stereocenters. The van der Waals surface area contributed by atoms with E-state index in [1.165, 1.54) is 30.3 Å². The molecule has 3 aromatic rings. The molecule has 1 saturated carbocycles. The summed E-state index contributed by atoms with van der Waals surface area (Å²) in [5.41, 5.74) is 6.22. The quantitative estimate of drug-likeness (QED) is 0.401. The molecule has 0 bridgehead atoms. The summed E-state index contributed by atoms with van der Waals surface area (Å²) in [5.74, 6) is 0.847. The number of aryl methyl sites for hydroxylation is 1. The van der Waals surface area contributed by atoms with Crippen LogP contribution in [0.1, 0.15) is 55.7 Å². The number of carbonyl (C=O) groups is 2. The Morgan fingerprint density at radius 1 is 1.14 bits per heavy atom. The van der Waals surface area contributed by atoms with Crippen molar-refractivity contribution < 1.29 is 18.4 Å². The van der Waals surface area contributed by atoms with Gasteiger partial charge in [0, 0.05) is 25.4 Å². The maximum absolute atomic E-state index is 13.4. The van der Waals surface area contributed by atoms with E-state index in [2.05, 4.69) is 10.2 Å². The summed E-state index contributed by atoms with van der Waals surface area (Å²) >= 11 is 1.32. The molecule has 2 heterocycles. The van der Waals surface area contributed by atoms with E-state index in [1.54, 1.807) is 24.5 Å². The maximum atomic E-state index is 13.4. The fourth-order valence-electron chi connectivity index (χ4n) is 4.37. The first-order valence-electron chi connectivity index (χ1n) is 11.9. The number of carbonyl (C=O) groups excluding carboxylic acids is 2. The molecule has 2 aromatic heterocycles. The van der Waals surface area contributed by atoms with Crippen molar-refractivity contribution >= 4 is 23.6 Å². The monoisotopic (exact) mass is 499 g/mol. The second kappa shape index (κ2) is 12.0. The van der Waals surface area contributed by atoms with E-state index >= 15 is 0 Å². The molecule has 1 fully saturated rings. The number of rotatable bonds is 11. The predicted molar refractivity (Wildman–Crippen MR) is 130 cm³/mol. The van der Waals surface area contributed by atoms with Gasteiger partial charge >= 0.3 is 0 Å². The average molecular weight is 500 g/mol. The van der Waals surface area contributed by atoms with Gasteiger partial charge in [-0.1, -0.05) is 43.2 Å². The molecule has 1 aromatic carbocycles. The van der Waals surface area contributed by atoms with Crippen molar-refractivity contribution in [2.45, 2.75) is 69.2 Å². The lowest BCUT2D eigenvalue weighted by molar-refractivity contribution is -0.132.